The Balaban J connectivity index is 2.20. The highest BCUT2D eigenvalue weighted by Gasteiger charge is 2.05. The summed E-state index contributed by atoms with van der Waals surface area (Å²) in [5.41, 5.74) is 0. The molecule has 0 aliphatic carbocycles. The van der Waals surface area contributed by atoms with Crippen LogP contribution in [0.2, 0.25) is 0 Å². The molecule has 0 amide bonds. The fraction of sp³-hybridized carbons (Fsp3) is 0.769. The van der Waals surface area contributed by atoms with Gasteiger partial charge in [-0.05, 0) is 18.9 Å². The van der Waals surface area contributed by atoms with Crippen molar-refractivity contribution in [1.82, 2.24) is 14.9 Å². The van der Waals surface area contributed by atoms with Crippen molar-refractivity contribution >= 4 is 0 Å². The van der Waals surface area contributed by atoms with Crippen LogP contribution in [0.4, 0.5) is 0 Å². The van der Waals surface area contributed by atoms with Gasteiger partial charge in [0.1, 0.15) is 5.82 Å². The number of imidazole rings is 1. The van der Waals surface area contributed by atoms with Crippen LogP contribution in [0.15, 0.2) is 12.4 Å². The first kappa shape index (κ1) is 13.2. The van der Waals surface area contributed by atoms with Gasteiger partial charge in [-0.25, -0.2) is 4.98 Å². The van der Waals surface area contributed by atoms with Crippen molar-refractivity contribution in [1.29, 1.82) is 0 Å². The molecule has 0 saturated carbocycles. The van der Waals surface area contributed by atoms with Crippen LogP contribution in [0.1, 0.15) is 45.4 Å². The molecule has 1 rings (SSSR count). The Morgan fingerprint density at radius 1 is 1.44 bits per heavy atom. The molecule has 0 saturated heterocycles. The molecule has 3 heteroatoms. The summed E-state index contributed by atoms with van der Waals surface area (Å²) in [4.78, 5) is 4.30. The van der Waals surface area contributed by atoms with E-state index in [1.54, 1.807) is 0 Å². The molecule has 16 heavy (non-hydrogen) atoms. The first-order valence-electron chi connectivity index (χ1n) is 6.44. The topological polar surface area (TPSA) is 29.9 Å². The quantitative estimate of drug-likeness (QED) is 0.734. The third-order valence-corrected chi connectivity index (χ3v) is 3.18. The lowest BCUT2D eigenvalue weighted by atomic mass is 9.99. The van der Waals surface area contributed by atoms with Gasteiger partial charge in [0.2, 0.25) is 0 Å². The molecule has 1 heterocycles. The number of aromatic nitrogens is 2. The average molecular weight is 223 g/mol. The Labute approximate surface area is 99.3 Å². The summed E-state index contributed by atoms with van der Waals surface area (Å²) in [7, 11) is 2.04. The van der Waals surface area contributed by atoms with Gasteiger partial charge in [-0.2, -0.15) is 0 Å². The molecule has 0 spiro atoms. The molecule has 92 valence electrons. The van der Waals surface area contributed by atoms with E-state index in [1.807, 2.05) is 19.4 Å². The van der Waals surface area contributed by atoms with Crippen LogP contribution >= 0.6 is 0 Å². The molecule has 0 aliphatic rings. The minimum atomic E-state index is 0.820. The average Bonchev–Trinajstić information content (AvgIpc) is 2.69. The molecular weight excluding hydrogens is 198 g/mol. The summed E-state index contributed by atoms with van der Waals surface area (Å²) in [5, 5.41) is 3.51. The highest BCUT2D eigenvalue weighted by molar-refractivity contribution is 4.90. The molecule has 1 N–H and O–H groups in total. The molecule has 3 nitrogen and oxygen atoms in total. The van der Waals surface area contributed by atoms with E-state index in [2.05, 4.69) is 28.7 Å². The molecule has 1 unspecified atom stereocenters. The molecule has 1 aromatic rings. The Hall–Kier alpha value is -0.830. The van der Waals surface area contributed by atoms with Gasteiger partial charge < -0.3 is 9.88 Å². The highest BCUT2D eigenvalue weighted by atomic mass is 15.1. The Kier molecular flexibility index (Phi) is 6.16. The van der Waals surface area contributed by atoms with E-state index < -0.39 is 0 Å². The van der Waals surface area contributed by atoms with E-state index in [-0.39, 0.29) is 0 Å². The van der Waals surface area contributed by atoms with Gasteiger partial charge in [0.15, 0.2) is 0 Å². The third kappa shape index (κ3) is 4.35. The minimum Gasteiger partial charge on any atom is -0.337 e. The van der Waals surface area contributed by atoms with Crippen molar-refractivity contribution in [2.45, 2.75) is 46.1 Å². The smallest absolute Gasteiger partial charge is 0.122 e. The largest absolute Gasteiger partial charge is 0.337 e. The van der Waals surface area contributed by atoms with Crippen molar-refractivity contribution in [3.8, 4) is 0 Å². The van der Waals surface area contributed by atoms with Crippen LogP contribution in [0.25, 0.3) is 0 Å². The van der Waals surface area contributed by atoms with Gasteiger partial charge in [0.05, 0.1) is 6.54 Å². The predicted molar refractivity (Wildman–Crippen MR) is 68.2 cm³/mol. The summed E-state index contributed by atoms with van der Waals surface area (Å²) in [6.07, 6.45) is 9.11. The lowest BCUT2D eigenvalue weighted by Gasteiger charge is -2.15. The summed E-state index contributed by atoms with van der Waals surface area (Å²) in [6, 6.07) is 0. The fourth-order valence-corrected chi connectivity index (χ4v) is 1.90. The number of nitrogens with one attached hydrogen (secondary N) is 1. The van der Waals surface area contributed by atoms with E-state index in [9.17, 15) is 0 Å². The van der Waals surface area contributed by atoms with Crippen molar-refractivity contribution in [2.24, 2.45) is 13.0 Å². The monoisotopic (exact) mass is 223 g/mol. The van der Waals surface area contributed by atoms with E-state index in [0.29, 0.717) is 0 Å². The van der Waals surface area contributed by atoms with Gasteiger partial charge in [-0.3, -0.25) is 0 Å². The Morgan fingerprint density at radius 2 is 2.25 bits per heavy atom. The number of hydrogen-bond donors (Lipinski definition) is 1. The maximum atomic E-state index is 4.30. The summed E-state index contributed by atoms with van der Waals surface area (Å²) in [6.45, 7) is 6.53. The maximum absolute atomic E-state index is 4.30. The molecule has 1 aromatic heterocycles. The predicted octanol–water partition coefficient (Wildman–Crippen LogP) is 2.73. The van der Waals surface area contributed by atoms with Gasteiger partial charge in [0, 0.05) is 19.4 Å². The lowest BCUT2D eigenvalue weighted by molar-refractivity contribution is 0.415. The van der Waals surface area contributed by atoms with E-state index in [1.165, 1.54) is 25.7 Å². The maximum Gasteiger partial charge on any atom is 0.122 e. The van der Waals surface area contributed by atoms with Crippen LogP contribution in [0.5, 0.6) is 0 Å². The standard InChI is InChI=1S/C13H25N3/c1-4-6-7-12(5-2)10-14-11-13-15-8-9-16(13)3/h8-9,12,14H,4-7,10-11H2,1-3H3. The van der Waals surface area contributed by atoms with Crippen molar-refractivity contribution in [2.75, 3.05) is 6.54 Å². The second-order valence-corrected chi connectivity index (χ2v) is 4.50. The summed E-state index contributed by atoms with van der Waals surface area (Å²) in [5.74, 6) is 1.94. The molecule has 0 bridgehead atoms. The molecule has 0 aliphatic heterocycles. The van der Waals surface area contributed by atoms with Gasteiger partial charge in [0.25, 0.3) is 0 Å². The van der Waals surface area contributed by atoms with Crippen LogP contribution in [-0.2, 0) is 13.6 Å². The molecular formula is C13H25N3. The zero-order chi connectivity index (χ0) is 11.8. The van der Waals surface area contributed by atoms with Crippen molar-refractivity contribution < 1.29 is 0 Å². The Morgan fingerprint density at radius 3 is 2.81 bits per heavy atom. The van der Waals surface area contributed by atoms with Crippen molar-refractivity contribution in [3.05, 3.63) is 18.2 Å². The first-order valence-corrected chi connectivity index (χ1v) is 6.44. The van der Waals surface area contributed by atoms with Gasteiger partial charge >= 0.3 is 0 Å². The van der Waals surface area contributed by atoms with Gasteiger partial charge in [-0.1, -0.05) is 33.1 Å². The molecule has 0 aromatic carbocycles. The van der Waals surface area contributed by atoms with Crippen LogP contribution < -0.4 is 5.32 Å². The SMILES string of the molecule is CCCCC(CC)CNCc1nccn1C. The lowest BCUT2D eigenvalue weighted by Crippen LogP contribution is -2.23. The zero-order valence-electron chi connectivity index (χ0n) is 10.9. The van der Waals surface area contributed by atoms with E-state index in [4.69, 9.17) is 0 Å². The fourth-order valence-electron chi connectivity index (χ4n) is 1.90. The number of aryl methyl sites for hydroxylation is 1. The zero-order valence-corrected chi connectivity index (χ0v) is 10.9. The second kappa shape index (κ2) is 7.44. The van der Waals surface area contributed by atoms with E-state index in [0.717, 1.165) is 24.8 Å². The molecule has 0 fully saturated rings. The molecule has 0 radical (unpaired) electrons. The minimum absolute atomic E-state index is 0.820. The Bertz CT molecular complexity index is 280. The normalized spacial score (nSPS) is 12.9. The summed E-state index contributed by atoms with van der Waals surface area (Å²) < 4.78 is 2.07. The van der Waals surface area contributed by atoms with Crippen LogP contribution in [-0.4, -0.2) is 16.1 Å². The number of rotatable bonds is 8. The van der Waals surface area contributed by atoms with Crippen molar-refractivity contribution in [3.63, 3.8) is 0 Å². The summed E-state index contributed by atoms with van der Waals surface area (Å²) >= 11 is 0. The highest BCUT2D eigenvalue weighted by Crippen LogP contribution is 2.11. The first-order chi connectivity index (χ1) is 7.77. The third-order valence-electron chi connectivity index (χ3n) is 3.18. The number of hydrogen-bond acceptors (Lipinski definition) is 2. The second-order valence-electron chi connectivity index (χ2n) is 4.50. The number of unbranched alkanes of at least 4 members (excludes halogenated alkanes) is 1. The van der Waals surface area contributed by atoms with E-state index >= 15 is 0 Å². The van der Waals surface area contributed by atoms with Gasteiger partial charge in [-0.15, -0.1) is 0 Å². The van der Waals surface area contributed by atoms with Crippen LogP contribution in [0, 0.1) is 5.92 Å². The number of nitrogens with zero attached hydrogens (tertiary/aromatic N) is 2. The van der Waals surface area contributed by atoms with Crippen LogP contribution in [0.3, 0.4) is 0 Å². The molecule has 1 atom stereocenters.